The van der Waals surface area contributed by atoms with Crippen LogP contribution in [0.3, 0.4) is 0 Å². The van der Waals surface area contributed by atoms with Crippen LogP contribution in [0.1, 0.15) is 11.1 Å². The number of phenols is 2. The molecule has 0 aliphatic rings. The minimum Gasteiger partial charge on any atom is -0.504 e. The van der Waals surface area contributed by atoms with E-state index < -0.39 is 12.0 Å². The molecule has 5 heteroatoms. The maximum atomic E-state index is 11.3. The van der Waals surface area contributed by atoms with E-state index in [4.69, 9.17) is 0 Å². The van der Waals surface area contributed by atoms with Gasteiger partial charge in [-0.2, -0.15) is 0 Å². The second kappa shape index (κ2) is 6.76. The van der Waals surface area contributed by atoms with Gasteiger partial charge in [0, 0.05) is 6.54 Å². The molecule has 0 aromatic heterocycles. The van der Waals surface area contributed by atoms with Crippen molar-refractivity contribution in [2.24, 2.45) is 0 Å². The Balaban J connectivity index is 2.02. The van der Waals surface area contributed by atoms with Crippen LogP contribution in [0.15, 0.2) is 48.5 Å². The summed E-state index contributed by atoms with van der Waals surface area (Å²) in [6.07, 6.45) is 0.218. The van der Waals surface area contributed by atoms with E-state index in [1.54, 1.807) is 6.07 Å². The molecule has 1 atom stereocenters. The first-order valence-corrected chi connectivity index (χ1v) is 6.57. The summed E-state index contributed by atoms with van der Waals surface area (Å²) in [5.74, 6) is -1.43. The molecule has 0 saturated carbocycles. The normalized spacial score (nSPS) is 12.0. The van der Waals surface area contributed by atoms with Gasteiger partial charge in [0.15, 0.2) is 11.5 Å². The van der Waals surface area contributed by atoms with E-state index in [9.17, 15) is 20.1 Å². The van der Waals surface area contributed by atoms with E-state index >= 15 is 0 Å². The molecule has 0 saturated heterocycles. The van der Waals surface area contributed by atoms with Crippen LogP contribution in [0.25, 0.3) is 0 Å². The molecule has 4 N–H and O–H groups in total. The zero-order chi connectivity index (χ0) is 15.2. The minimum absolute atomic E-state index is 0.218. The van der Waals surface area contributed by atoms with Gasteiger partial charge in [0.05, 0.1) is 0 Å². The summed E-state index contributed by atoms with van der Waals surface area (Å²) >= 11 is 0. The standard InChI is InChI=1S/C16H17NO4/c18-14-7-6-12(9-15(14)19)8-13(16(20)21)17-10-11-4-2-1-3-5-11/h1-7,9,13,17-19H,8,10H2,(H,20,21)/t13-/m0/s1. The average Bonchev–Trinajstić information content (AvgIpc) is 2.48. The second-order valence-corrected chi connectivity index (χ2v) is 4.78. The highest BCUT2D eigenvalue weighted by Gasteiger charge is 2.17. The van der Waals surface area contributed by atoms with Crippen LogP contribution < -0.4 is 5.32 Å². The molecule has 110 valence electrons. The molecule has 0 bridgehead atoms. The summed E-state index contributed by atoms with van der Waals surface area (Å²) in [4.78, 5) is 11.3. The van der Waals surface area contributed by atoms with Gasteiger partial charge in [-0.05, 0) is 29.7 Å². The summed E-state index contributed by atoms with van der Waals surface area (Å²) in [6, 6.07) is 13.1. The van der Waals surface area contributed by atoms with Gasteiger partial charge in [-0.25, -0.2) is 0 Å². The third kappa shape index (κ3) is 4.22. The number of aliphatic carboxylic acids is 1. The van der Waals surface area contributed by atoms with Gasteiger partial charge in [-0.3, -0.25) is 4.79 Å². The lowest BCUT2D eigenvalue weighted by atomic mass is 10.0. The predicted molar refractivity (Wildman–Crippen MR) is 78.2 cm³/mol. The van der Waals surface area contributed by atoms with Gasteiger partial charge in [0.2, 0.25) is 0 Å². The van der Waals surface area contributed by atoms with Gasteiger partial charge < -0.3 is 20.6 Å². The second-order valence-electron chi connectivity index (χ2n) is 4.78. The smallest absolute Gasteiger partial charge is 0.321 e. The summed E-state index contributed by atoms with van der Waals surface area (Å²) in [6.45, 7) is 0.446. The first-order chi connectivity index (χ1) is 10.1. The molecule has 0 radical (unpaired) electrons. The lowest BCUT2D eigenvalue weighted by molar-refractivity contribution is -0.139. The topological polar surface area (TPSA) is 89.8 Å². The van der Waals surface area contributed by atoms with Gasteiger partial charge in [-0.15, -0.1) is 0 Å². The molecule has 0 fully saturated rings. The molecule has 0 aliphatic carbocycles. The molecule has 0 amide bonds. The zero-order valence-electron chi connectivity index (χ0n) is 11.4. The summed E-state index contributed by atoms with van der Waals surface area (Å²) in [5, 5.41) is 30.9. The van der Waals surface area contributed by atoms with E-state index in [2.05, 4.69) is 5.32 Å². The van der Waals surface area contributed by atoms with Crippen LogP contribution in [-0.4, -0.2) is 27.3 Å². The quantitative estimate of drug-likeness (QED) is 0.609. The van der Waals surface area contributed by atoms with Crippen LogP contribution in [-0.2, 0) is 17.8 Å². The summed E-state index contributed by atoms with van der Waals surface area (Å²) in [7, 11) is 0. The molecular formula is C16H17NO4. The maximum absolute atomic E-state index is 11.3. The monoisotopic (exact) mass is 287 g/mol. The van der Waals surface area contributed by atoms with Crippen molar-refractivity contribution in [1.29, 1.82) is 0 Å². The molecule has 2 rings (SSSR count). The Bertz CT molecular complexity index is 613. The number of hydrogen-bond acceptors (Lipinski definition) is 4. The van der Waals surface area contributed by atoms with Crippen molar-refractivity contribution in [1.82, 2.24) is 5.32 Å². The highest BCUT2D eigenvalue weighted by atomic mass is 16.4. The lowest BCUT2D eigenvalue weighted by Crippen LogP contribution is -2.38. The van der Waals surface area contributed by atoms with Crippen LogP contribution >= 0.6 is 0 Å². The van der Waals surface area contributed by atoms with Gasteiger partial charge in [0.25, 0.3) is 0 Å². The minimum atomic E-state index is -0.960. The number of nitrogens with one attached hydrogen (secondary N) is 1. The molecule has 2 aromatic carbocycles. The number of carboxylic acids is 1. The molecule has 2 aromatic rings. The number of rotatable bonds is 6. The fourth-order valence-electron chi connectivity index (χ4n) is 2.02. The van der Waals surface area contributed by atoms with E-state index in [0.29, 0.717) is 12.1 Å². The van der Waals surface area contributed by atoms with E-state index in [0.717, 1.165) is 5.56 Å². The van der Waals surface area contributed by atoms with Crippen molar-refractivity contribution in [3.63, 3.8) is 0 Å². The van der Waals surface area contributed by atoms with Crippen LogP contribution in [0.2, 0.25) is 0 Å². The van der Waals surface area contributed by atoms with Gasteiger partial charge in [-0.1, -0.05) is 36.4 Å². The van der Waals surface area contributed by atoms with Crippen molar-refractivity contribution in [2.75, 3.05) is 0 Å². The predicted octanol–water partition coefficient (Wildman–Crippen LogP) is 1.88. The van der Waals surface area contributed by atoms with Crippen molar-refractivity contribution in [3.05, 3.63) is 59.7 Å². The highest BCUT2D eigenvalue weighted by molar-refractivity contribution is 5.74. The van der Waals surface area contributed by atoms with E-state index in [1.807, 2.05) is 30.3 Å². The Morgan fingerprint density at radius 2 is 1.71 bits per heavy atom. The van der Waals surface area contributed by atoms with E-state index in [-0.39, 0.29) is 17.9 Å². The zero-order valence-corrected chi connectivity index (χ0v) is 11.4. The first-order valence-electron chi connectivity index (χ1n) is 6.57. The molecule has 0 heterocycles. The van der Waals surface area contributed by atoms with Crippen LogP contribution in [0.4, 0.5) is 0 Å². The van der Waals surface area contributed by atoms with Crippen molar-refractivity contribution in [2.45, 2.75) is 19.0 Å². The van der Waals surface area contributed by atoms with Gasteiger partial charge in [0.1, 0.15) is 6.04 Å². The van der Waals surface area contributed by atoms with Crippen LogP contribution in [0, 0.1) is 0 Å². The Kier molecular flexibility index (Phi) is 4.79. The van der Waals surface area contributed by atoms with Gasteiger partial charge >= 0.3 is 5.97 Å². The summed E-state index contributed by atoms with van der Waals surface area (Å²) in [5.41, 5.74) is 1.63. The molecule has 0 spiro atoms. The van der Waals surface area contributed by atoms with Crippen LogP contribution in [0.5, 0.6) is 11.5 Å². The van der Waals surface area contributed by atoms with Crippen molar-refractivity contribution in [3.8, 4) is 11.5 Å². The number of aromatic hydroxyl groups is 2. The molecule has 0 unspecified atom stereocenters. The highest BCUT2D eigenvalue weighted by Crippen LogP contribution is 2.25. The Hall–Kier alpha value is -2.53. The number of hydrogen-bond donors (Lipinski definition) is 4. The molecular weight excluding hydrogens is 270 g/mol. The average molecular weight is 287 g/mol. The number of carbonyl (C=O) groups is 1. The SMILES string of the molecule is O=C(O)[C@H](Cc1ccc(O)c(O)c1)NCc1ccccc1. The third-order valence-corrected chi connectivity index (χ3v) is 3.17. The maximum Gasteiger partial charge on any atom is 0.321 e. The number of phenolic OH excluding ortho intramolecular Hbond substituents is 2. The fourth-order valence-corrected chi connectivity index (χ4v) is 2.02. The lowest BCUT2D eigenvalue weighted by Gasteiger charge is -2.15. The van der Waals surface area contributed by atoms with Crippen molar-refractivity contribution >= 4 is 5.97 Å². The Labute approximate surface area is 122 Å². The third-order valence-electron chi connectivity index (χ3n) is 3.17. The fraction of sp³-hybridized carbons (Fsp3) is 0.188. The first kappa shape index (κ1) is 14.9. The largest absolute Gasteiger partial charge is 0.504 e. The van der Waals surface area contributed by atoms with E-state index in [1.165, 1.54) is 12.1 Å². The summed E-state index contributed by atoms with van der Waals surface area (Å²) < 4.78 is 0. The van der Waals surface area contributed by atoms with Crippen molar-refractivity contribution < 1.29 is 20.1 Å². The Morgan fingerprint density at radius 3 is 2.33 bits per heavy atom. The molecule has 21 heavy (non-hydrogen) atoms. The Morgan fingerprint density at radius 1 is 1.00 bits per heavy atom. The molecule has 0 aliphatic heterocycles. The number of carboxylic acid groups (broad SMARTS) is 1. The molecule has 5 nitrogen and oxygen atoms in total. The number of benzene rings is 2.